The largest absolute Gasteiger partial charge is 0.338 e. The second-order valence-electron chi connectivity index (χ2n) is 7.63. The lowest BCUT2D eigenvalue weighted by molar-refractivity contribution is 0.181. The second kappa shape index (κ2) is 7.26. The number of hydrogen-bond donors (Lipinski definition) is 1. The van der Waals surface area contributed by atoms with Crippen LogP contribution < -0.4 is 5.73 Å². The average molecular weight is 340 g/mol. The van der Waals surface area contributed by atoms with Gasteiger partial charge in [-0.15, -0.1) is 0 Å². The molecule has 5 nitrogen and oxygen atoms in total. The normalized spacial score (nSPS) is 22.1. The molecule has 1 saturated carbocycles. The third-order valence-electron chi connectivity index (χ3n) is 5.92. The van der Waals surface area contributed by atoms with Gasteiger partial charge in [0, 0.05) is 19.1 Å². The Morgan fingerprint density at radius 2 is 1.80 bits per heavy atom. The van der Waals surface area contributed by atoms with E-state index in [0.29, 0.717) is 6.04 Å². The predicted molar refractivity (Wildman–Crippen MR) is 97.1 cm³/mol. The molecule has 0 amide bonds. The van der Waals surface area contributed by atoms with E-state index < -0.39 is 0 Å². The van der Waals surface area contributed by atoms with Gasteiger partial charge < -0.3 is 10.3 Å². The van der Waals surface area contributed by atoms with Gasteiger partial charge in [-0.05, 0) is 31.2 Å². The Hall–Kier alpha value is -1.72. The molecule has 134 valence electrons. The number of hydrogen-bond acceptors (Lipinski definition) is 5. The molecule has 1 aromatic carbocycles. The monoisotopic (exact) mass is 340 g/mol. The zero-order chi connectivity index (χ0) is 17.1. The number of piperidine rings is 1. The van der Waals surface area contributed by atoms with Crippen LogP contribution in [0.15, 0.2) is 34.9 Å². The maximum Gasteiger partial charge on any atom is 0.240 e. The number of rotatable bonds is 4. The smallest absolute Gasteiger partial charge is 0.240 e. The standard InChI is InChI=1S/C20H28N4O/c21-17-9-13-24(14-10-17)15-18-22-19(23-25-18)20(11-5-2-6-12-20)16-7-3-1-4-8-16/h1,3-4,7-8,17H,2,5-6,9-15,21H2. The summed E-state index contributed by atoms with van der Waals surface area (Å²) in [5, 5.41) is 4.43. The minimum atomic E-state index is -0.0779. The molecular formula is C20H28N4O. The summed E-state index contributed by atoms with van der Waals surface area (Å²) in [6, 6.07) is 11.1. The first kappa shape index (κ1) is 16.7. The molecule has 2 fully saturated rings. The van der Waals surface area contributed by atoms with E-state index in [-0.39, 0.29) is 5.41 Å². The summed E-state index contributed by atoms with van der Waals surface area (Å²) in [5.41, 5.74) is 7.24. The highest BCUT2D eigenvalue weighted by Crippen LogP contribution is 2.43. The quantitative estimate of drug-likeness (QED) is 0.925. The molecule has 2 N–H and O–H groups in total. The highest BCUT2D eigenvalue weighted by atomic mass is 16.5. The van der Waals surface area contributed by atoms with E-state index in [1.165, 1.54) is 24.8 Å². The molecule has 2 aromatic rings. The Morgan fingerprint density at radius 3 is 2.52 bits per heavy atom. The third kappa shape index (κ3) is 3.48. The van der Waals surface area contributed by atoms with Crippen molar-refractivity contribution in [3.63, 3.8) is 0 Å². The fourth-order valence-electron chi connectivity index (χ4n) is 4.37. The summed E-state index contributed by atoms with van der Waals surface area (Å²) >= 11 is 0. The summed E-state index contributed by atoms with van der Waals surface area (Å²) in [4.78, 5) is 7.22. The van der Waals surface area contributed by atoms with Crippen LogP contribution in [0.3, 0.4) is 0 Å². The van der Waals surface area contributed by atoms with E-state index in [0.717, 1.165) is 57.0 Å². The summed E-state index contributed by atoms with van der Waals surface area (Å²) in [5.74, 6) is 1.62. The van der Waals surface area contributed by atoms with Crippen molar-refractivity contribution in [1.82, 2.24) is 15.0 Å². The molecule has 1 aliphatic heterocycles. The van der Waals surface area contributed by atoms with E-state index in [4.69, 9.17) is 15.2 Å². The molecule has 2 aliphatic rings. The Labute approximate surface area is 149 Å². The molecule has 5 heteroatoms. The van der Waals surface area contributed by atoms with Crippen LogP contribution in [0.4, 0.5) is 0 Å². The van der Waals surface area contributed by atoms with Crippen LogP contribution in [0.2, 0.25) is 0 Å². The minimum absolute atomic E-state index is 0.0779. The third-order valence-corrected chi connectivity index (χ3v) is 5.92. The highest BCUT2D eigenvalue weighted by molar-refractivity contribution is 5.33. The molecule has 1 aliphatic carbocycles. The first-order valence-corrected chi connectivity index (χ1v) is 9.63. The van der Waals surface area contributed by atoms with Gasteiger partial charge in [0.2, 0.25) is 5.89 Å². The molecule has 25 heavy (non-hydrogen) atoms. The van der Waals surface area contributed by atoms with Crippen molar-refractivity contribution in [2.75, 3.05) is 13.1 Å². The van der Waals surface area contributed by atoms with E-state index in [1.54, 1.807) is 0 Å². The van der Waals surface area contributed by atoms with Crippen molar-refractivity contribution < 1.29 is 4.52 Å². The Morgan fingerprint density at radius 1 is 1.08 bits per heavy atom. The van der Waals surface area contributed by atoms with Gasteiger partial charge in [-0.1, -0.05) is 54.8 Å². The van der Waals surface area contributed by atoms with Crippen LogP contribution in [0.1, 0.15) is 62.2 Å². The number of benzene rings is 1. The molecule has 0 atom stereocenters. The molecule has 1 aromatic heterocycles. The Balaban J connectivity index is 1.56. The van der Waals surface area contributed by atoms with E-state index in [2.05, 4.69) is 40.4 Å². The molecule has 4 rings (SSSR count). The van der Waals surface area contributed by atoms with Gasteiger partial charge in [0.25, 0.3) is 0 Å². The average Bonchev–Trinajstić information content (AvgIpc) is 3.14. The van der Waals surface area contributed by atoms with Crippen molar-refractivity contribution in [3.8, 4) is 0 Å². The molecule has 1 saturated heterocycles. The maximum absolute atomic E-state index is 6.00. The molecule has 0 bridgehead atoms. The lowest BCUT2D eigenvalue weighted by Crippen LogP contribution is -2.39. The Kier molecular flexibility index (Phi) is 4.86. The van der Waals surface area contributed by atoms with Crippen LogP contribution in [0.25, 0.3) is 0 Å². The van der Waals surface area contributed by atoms with Crippen molar-refractivity contribution in [2.24, 2.45) is 5.73 Å². The SMILES string of the molecule is NC1CCN(Cc2nc(C3(c4ccccc4)CCCCC3)no2)CC1. The fraction of sp³-hybridized carbons (Fsp3) is 0.600. The topological polar surface area (TPSA) is 68.2 Å². The zero-order valence-electron chi connectivity index (χ0n) is 14.9. The van der Waals surface area contributed by atoms with E-state index >= 15 is 0 Å². The highest BCUT2D eigenvalue weighted by Gasteiger charge is 2.40. The van der Waals surface area contributed by atoms with Crippen molar-refractivity contribution in [2.45, 2.75) is 62.9 Å². The number of likely N-dealkylation sites (tertiary alicyclic amines) is 1. The summed E-state index contributed by atoms with van der Waals surface area (Å²) in [6.07, 6.45) is 8.06. The first-order chi connectivity index (χ1) is 12.3. The summed E-state index contributed by atoms with van der Waals surface area (Å²) in [7, 11) is 0. The lowest BCUT2D eigenvalue weighted by Gasteiger charge is -2.35. The summed E-state index contributed by atoms with van der Waals surface area (Å²) < 4.78 is 5.66. The number of nitrogens with two attached hydrogens (primary N) is 1. The zero-order valence-corrected chi connectivity index (χ0v) is 14.9. The minimum Gasteiger partial charge on any atom is -0.338 e. The van der Waals surface area contributed by atoms with E-state index in [1.807, 2.05) is 0 Å². The molecular weight excluding hydrogens is 312 g/mol. The summed E-state index contributed by atoms with van der Waals surface area (Å²) in [6.45, 7) is 2.77. The van der Waals surface area contributed by atoms with Gasteiger partial charge in [0.15, 0.2) is 5.82 Å². The van der Waals surface area contributed by atoms with Crippen LogP contribution in [-0.2, 0) is 12.0 Å². The van der Waals surface area contributed by atoms with Gasteiger partial charge in [-0.2, -0.15) is 4.98 Å². The lowest BCUT2D eigenvalue weighted by atomic mass is 9.69. The van der Waals surface area contributed by atoms with Gasteiger partial charge in [-0.25, -0.2) is 0 Å². The Bertz CT molecular complexity index is 670. The second-order valence-corrected chi connectivity index (χ2v) is 7.63. The van der Waals surface area contributed by atoms with Gasteiger partial charge in [0.1, 0.15) is 0 Å². The van der Waals surface area contributed by atoms with Crippen LogP contribution in [0.5, 0.6) is 0 Å². The van der Waals surface area contributed by atoms with Gasteiger partial charge in [0.05, 0.1) is 12.0 Å². The molecule has 0 unspecified atom stereocenters. The fourth-order valence-corrected chi connectivity index (χ4v) is 4.37. The van der Waals surface area contributed by atoms with Crippen molar-refractivity contribution >= 4 is 0 Å². The van der Waals surface area contributed by atoms with Gasteiger partial charge in [-0.3, -0.25) is 4.90 Å². The van der Waals surface area contributed by atoms with Crippen molar-refractivity contribution in [1.29, 1.82) is 0 Å². The maximum atomic E-state index is 6.00. The molecule has 2 heterocycles. The van der Waals surface area contributed by atoms with Crippen LogP contribution in [0, 0.1) is 0 Å². The number of aromatic nitrogens is 2. The molecule has 0 radical (unpaired) electrons. The first-order valence-electron chi connectivity index (χ1n) is 9.63. The van der Waals surface area contributed by atoms with Crippen molar-refractivity contribution in [3.05, 3.63) is 47.6 Å². The predicted octanol–water partition coefficient (Wildman–Crippen LogP) is 3.24. The van der Waals surface area contributed by atoms with Gasteiger partial charge >= 0.3 is 0 Å². The molecule has 0 spiro atoms. The van der Waals surface area contributed by atoms with Crippen LogP contribution in [-0.4, -0.2) is 34.2 Å². The number of nitrogens with zero attached hydrogens (tertiary/aromatic N) is 3. The van der Waals surface area contributed by atoms with Crippen LogP contribution >= 0.6 is 0 Å². The van der Waals surface area contributed by atoms with E-state index in [9.17, 15) is 0 Å².